The fourth-order valence-corrected chi connectivity index (χ4v) is 4.02. The van der Waals surface area contributed by atoms with Gasteiger partial charge in [-0.15, -0.1) is 0 Å². The predicted octanol–water partition coefficient (Wildman–Crippen LogP) is 5.95. The van der Waals surface area contributed by atoms with Crippen LogP contribution in [0.4, 0.5) is 28.4 Å². The van der Waals surface area contributed by atoms with Gasteiger partial charge in [0.25, 0.3) is 0 Å². The van der Waals surface area contributed by atoms with Crippen LogP contribution in [0.3, 0.4) is 0 Å². The number of hydrogen-bond acceptors (Lipinski definition) is 4. The summed E-state index contributed by atoms with van der Waals surface area (Å²) in [6.45, 7) is 4.23. The van der Waals surface area contributed by atoms with E-state index in [9.17, 15) is 22.4 Å². The molecule has 0 aliphatic carbocycles. The van der Waals surface area contributed by atoms with Gasteiger partial charge in [-0.05, 0) is 37.3 Å². The van der Waals surface area contributed by atoms with Crippen molar-refractivity contribution in [2.75, 3.05) is 16.8 Å². The summed E-state index contributed by atoms with van der Waals surface area (Å²) in [5.41, 5.74) is 0.0565. The minimum absolute atomic E-state index is 0.00860. The smallest absolute Gasteiger partial charge is 0.367 e. The lowest BCUT2D eigenvalue weighted by molar-refractivity contribution is -0.137. The summed E-state index contributed by atoms with van der Waals surface area (Å²) in [7, 11) is 0. The van der Waals surface area contributed by atoms with E-state index in [1.54, 1.807) is 0 Å². The summed E-state index contributed by atoms with van der Waals surface area (Å²) in [6.07, 6.45) is -4.69. The molecule has 2 aromatic carbocycles. The van der Waals surface area contributed by atoms with Crippen LogP contribution in [0.1, 0.15) is 24.3 Å². The molecule has 1 aromatic heterocycles. The van der Waals surface area contributed by atoms with Crippen molar-refractivity contribution in [2.24, 2.45) is 0 Å². The van der Waals surface area contributed by atoms with Crippen molar-refractivity contribution in [1.82, 2.24) is 4.98 Å². The number of nitrogens with zero attached hydrogens (tertiary/aromatic N) is 2. The monoisotopic (exact) mass is 437 g/mol. The van der Waals surface area contributed by atoms with Crippen LogP contribution >= 0.6 is 11.3 Å². The van der Waals surface area contributed by atoms with Crippen molar-refractivity contribution in [3.8, 4) is 11.3 Å². The Bertz CT molecular complexity index is 1030. The van der Waals surface area contributed by atoms with Crippen molar-refractivity contribution in [3.63, 3.8) is 0 Å². The molecule has 0 radical (unpaired) electrons. The van der Waals surface area contributed by atoms with Crippen molar-refractivity contribution >= 4 is 28.1 Å². The summed E-state index contributed by atoms with van der Waals surface area (Å²) in [5, 5.41) is 2.80. The second kappa shape index (κ2) is 8.83. The third kappa shape index (κ3) is 5.15. The first-order valence-corrected chi connectivity index (χ1v) is 9.94. The normalized spacial score (nSPS) is 11.4. The van der Waals surface area contributed by atoms with Gasteiger partial charge in [-0.2, -0.15) is 13.2 Å². The van der Waals surface area contributed by atoms with E-state index in [4.69, 9.17) is 0 Å². The van der Waals surface area contributed by atoms with E-state index in [-0.39, 0.29) is 22.3 Å². The van der Waals surface area contributed by atoms with Crippen LogP contribution in [0.25, 0.3) is 11.3 Å². The molecule has 4 nitrogen and oxygen atoms in total. The number of amides is 1. The molecule has 0 spiro atoms. The summed E-state index contributed by atoms with van der Waals surface area (Å²) in [4.78, 5) is 18.4. The van der Waals surface area contributed by atoms with Crippen LogP contribution in [-0.2, 0) is 17.5 Å². The van der Waals surface area contributed by atoms with E-state index < -0.39 is 17.6 Å². The minimum Gasteiger partial charge on any atom is -0.367 e. The summed E-state index contributed by atoms with van der Waals surface area (Å²) < 4.78 is 53.5. The summed E-state index contributed by atoms with van der Waals surface area (Å²) in [6, 6.07) is 11.8. The highest BCUT2D eigenvalue weighted by Gasteiger charge is 2.32. The number of thiazole rings is 1. The van der Waals surface area contributed by atoms with Gasteiger partial charge in [-0.25, -0.2) is 9.37 Å². The molecule has 0 fully saturated rings. The molecule has 158 valence electrons. The van der Waals surface area contributed by atoms with Crippen molar-refractivity contribution in [3.05, 3.63) is 64.8 Å². The second-order valence-corrected chi connectivity index (χ2v) is 7.63. The molecule has 1 N–H and O–H groups in total. The largest absolute Gasteiger partial charge is 0.416 e. The standard InChI is InChI=1S/C21H19F4N3OS/c1-3-28(17-7-5-4-6-8-17)12-18-19(27-20(30-18)26-13(2)29)14-9-15(21(23,24)25)11-16(22)10-14/h4-11H,3,12H2,1-2H3,(H,26,27,29). The zero-order chi connectivity index (χ0) is 21.9. The first-order valence-electron chi connectivity index (χ1n) is 9.12. The first kappa shape index (κ1) is 21.8. The Morgan fingerprint density at radius 3 is 2.47 bits per heavy atom. The molecule has 1 amide bonds. The van der Waals surface area contributed by atoms with E-state index in [2.05, 4.69) is 10.3 Å². The quantitative estimate of drug-likeness (QED) is 0.485. The molecule has 9 heteroatoms. The third-order valence-corrected chi connectivity index (χ3v) is 5.27. The number of nitrogens with one attached hydrogen (secondary N) is 1. The summed E-state index contributed by atoms with van der Waals surface area (Å²) in [5.74, 6) is -1.36. The zero-order valence-corrected chi connectivity index (χ0v) is 17.1. The first-order chi connectivity index (χ1) is 14.2. The molecule has 0 saturated carbocycles. The van der Waals surface area contributed by atoms with Crippen molar-refractivity contribution in [2.45, 2.75) is 26.6 Å². The Labute approximate surface area is 175 Å². The molecule has 0 bridgehead atoms. The van der Waals surface area contributed by atoms with Crippen molar-refractivity contribution in [1.29, 1.82) is 0 Å². The Kier molecular flexibility index (Phi) is 6.40. The van der Waals surface area contributed by atoms with Gasteiger partial charge >= 0.3 is 6.18 Å². The fourth-order valence-electron chi connectivity index (χ4n) is 2.98. The molecule has 0 atom stereocenters. The SMILES string of the molecule is CCN(Cc1sc(NC(C)=O)nc1-c1cc(F)cc(C(F)(F)F)c1)c1ccccc1. The Morgan fingerprint density at radius 1 is 1.17 bits per heavy atom. The number of para-hydroxylation sites is 1. The number of hydrogen-bond donors (Lipinski definition) is 1. The molecule has 30 heavy (non-hydrogen) atoms. The molecule has 0 unspecified atom stereocenters. The molecule has 0 saturated heterocycles. The van der Waals surface area contributed by atoms with E-state index in [1.807, 2.05) is 42.2 Å². The number of benzene rings is 2. The number of carbonyl (C=O) groups excluding carboxylic acids is 1. The number of rotatable bonds is 6. The number of aromatic nitrogens is 1. The van der Waals surface area contributed by atoms with E-state index >= 15 is 0 Å². The van der Waals surface area contributed by atoms with Crippen LogP contribution in [-0.4, -0.2) is 17.4 Å². The maximum atomic E-state index is 14.0. The van der Waals surface area contributed by atoms with Crippen LogP contribution < -0.4 is 10.2 Å². The van der Waals surface area contributed by atoms with Gasteiger partial charge in [0.15, 0.2) is 5.13 Å². The molecule has 0 aliphatic heterocycles. The fraction of sp³-hybridized carbons (Fsp3) is 0.238. The Balaban J connectivity index is 2.07. The van der Waals surface area contributed by atoms with Crippen LogP contribution in [0, 0.1) is 5.82 Å². The maximum absolute atomic E-state index is 14.0. The number of alkyl halides is 3. The highest BCUT2D eigenvalue weighted by molar-refractivity contribution is 7.16. The lowest BCUT2D eigenvalue weighted by Gasteiger charge is -2.22. The summed E-state index contributed by atoms with van der Waals surface area (Å²) >= 11 is 1.15. The van der Waals surface area contributed by atoms with Crippen molar-refractivity contribution < 1.29 is 22.4 Å². The van der Waals surface area contributed by atoms with Gasteiger partial charge < -0.3 is 10.2 Å². The average Bonchev–Trinajstić information content (AvgIpc) is 3.07. The van der Waals surface area contributed by atoms with Crippen LogP contribution in [0.2, 0.25) is 0 Å². The topological polar surface area (TPSA) is 45.2 Å². The van der Waals surface area contributed by atoms with E-state index in [0.29, 0.717) is 24.0 Å². The second-order valence-electron chi connectivity index (χ2n) is 6.55. The van der Waals surface area contributed by atoms with Gasteiger partial charge in [-0.3, -0.25) is 4.79 Å². The Morgan fingerprint density at radius 2 is 1.87 bits per heavy atom. The van der Waals surface area contributed by atoms with Gasteiger partial charge in [0.05, 0.1) is 22.7 Å². The number of carbonyl (C=O) groups is 1. The lowest BCUT2D eigenvalue weighted by Crippen LogP contribution is -2.21. The number of halogens is 4. The highest BCUT2D eigenvalue weighted by Crippen LogP contribution is 2.37. The molecular formula is C21H19F4N3OS. The molecule has 3 rings (SSSR count). The van der Waals surface area contributed by atoms with Gasteiger partial charge in [0, 0.05) is 24.7 Å². The van der Waals surface area contributed by atoms with E-state index in [0.717, 1.165) is 29.2 Å². The predicted molar refractivity (Wildman–Crippen MR) is 110 cm³/mol. The molecule has 1 heterocycles. The lowest BCUT2D eigenvalue weighted by atomic mass is 10.1. The molecule has 3 aromatic rings. The number of anilines is 2. The molecular weight excluding hydrogens is 418 g/mol. The Hall–Kier alpha value is -2.94. The third-order valence-electron chi connectivity index (χ3n) is 4.32. The van der Waals surface area contributed by atoms with Gasteiger partial charge in [-0.1, -0.05) is 29.5 Å². The van der Waals surface area contributed by atoms with E-state index in [1.165, 1.54) is 6.92 Å². The van der Waals surface area contributed by atoms with Gasteiger partial charge in [0.1, 0.15) is 5.82 Å². The molecule has 0 aliphatic rings. The van der Waals surface area contributed by atoms with Gasteiger partial charge in [0.2, 0.25) is 5.91 Å². The average molecular weight is 437 g/mol. The maximum Gasteiger partial charge on any atom is 0.416 e. The van der Waals surface area contributed by atoms with Crippen LogP contribution in [0.15, 0.2) is 48.5 Å². The highest BCUT2D eigenvalue weighted by atomic mass is 32.1. The minimum atomic E-state index is -4.69. The van der Waals surface area contributed by atoms with Crippen LogP contribution in [0.5, 0.6) is 0 Å². The zero-order valence-electron chi connectivity index (χ0n) is 16.3.